The molecular formula is C20H13N3O4. The molecule has 2 unspecified atom stereocenters. The van der Waals surface area contributed by atoms with E-state index in [9.17, 15) is 20.5 Å². The lowest BCUT2D eigenvalue weighted by atomic mass is 9.78. The van der Waals surface area contributed by atoms with E-state index in [1.54, 1.807) is 42.5 Å². The summed E-state index contributed by atoms with van der Waals surface area (Å²) in [6.07, 6.45) is 0. The Morgan fingerprint density at radius 1 is 1.15 bits per heavy atom. The van der Waals surface area contributed by atoms with Gasteiger partial charge in [0.1, 0.15) is 17.4 Å². The molecule has 0 aliphatic carbocycles. The zero-order chi connectivity index (χ0) is 19.1. The maximum absolute atomic E-state index is 11.2. The fourth-order valence-corrected chi connectivity index (χ4v) is 3.53. The maximum atomic E-state index is 11.2. The normalized spacial score (nSPS) is 18.4. The molecule has 0 spiro atoms. The molecule has 0 saturated heterocycles. The number of ether oxygens (including phenoxy) is 1. The first-order valence-corrected chi connectivity index (χ1v) is 8.16. The molecule has 0 bridgehead atoms. The number of nitrogens with one attached hydrogen (secondary N) is 1. The number of phenolic OH excluding ortho intramolecular Hbond substituents is 1. The van der Waals surface area contributed by atoms with Crippen molar-refractivity contribution in [1.82, 2.24) is 0 Å². The van der Waals surface area contributed by atoms with Crippen LogP contribution < -0.4 is 4.74 Å². The number of rotatable bonds is 2. The van der Waals surface area contributed by atoms with Crippen LogP contribution in [0.15, 0.2) is 54.6 Å². The minimum absolute atomic E-state index is 0.0813. The molecule has 4 rings (SSSR count). The molecule has 27 heavy (non-hydrogen) atoms. The van der Waals surface area contributed by atoms with Gasteiger partial charge >= 0.3 is 0 Å². The third kappa shape index (κ3) is 2.55. The molecule has 132 valence electrons. The number of phenols is 1. The summed E-state index contributed by atoms with van der Waals surface area (Å²) in [5.41, 5.74) is 1.13. The van der Waals surface area contributed by atoms with Gasteiger partial charge in [0.05, 0.1) is 11.0 Å². The second-order valence-corrected chi connectivity index (χ2v) is 6.26. The van der Waals surface area contributed by atoms with Crippen molar-refractivity contribution in [2.45, 2.75) is 5.92 Å². The number of nitriles is 1. The van der Waals surface area contributed by atoms with Crippen molar-refractivity contribution in [2.24, 2.45) is 5.92 Å². The predicted molar refractivity (Wildman–Crippen MR) is 98.0 cm³/mol. The maximum Gasteiger partial charge on any atom is 0.269 e. The van der Waals surface area contributed by atoms with E-state index in [0.717, 1.165) is 0 Å². The minimum Gasteiger partial charge on any atom is -0.507 e. The van der Waals surface area contributed by atoms with Crippen LogP contribution in [0, 0.1) is 32.8 Å². The lowest BCUT2D eigenvalue weighted by molar-refractivity contribution is -0.384. The minimum atomic E-state index is -0.908. The van der Waals surface area contributed by atoms with E-state index in [0.29, 0.717) is 27.6 Å². The average Bonchev–Trinajstić information content (AvgIpc) is 2.67. The number of benzene rings is 3. The van der Waals surface area contributed by atoms with Crippen molar-refractivity contribution in [1.29, 1.82) is 10.7 Å². The van der Waals surface area contributed by atoms with Crippen LogP contribution in [-0.2, 0) is 0 Å². The Morgan fingerprint density at radius 2 is 1.93 bits per heavy atom. The number of nitro groups is 1. The van der Waals surface area contributed by atoms with E-state index >= 15 is 0 Å². The van der Waals surface area contributed by atoms with Gasteiger partial charge in [0, 0.05) is 34.4 Å². The molecule has 0 fully saturated rings. The van der Waals surface area contributed by atoms with Gasteiger partial charge in [0.25, 0.3) is 5.69 Å². The smallest absolute Gasteiger partial charge is 0.269 e. The zero-order valence-electron chi connectivity index (χ0n) is 13.9. The zero-order valence-corrected chi connectivity index (χ0v) is 13.9. The van der Waals surface area contributed by atoms with Gasteiger partial charge in [0.15, 0.2) is 0 Å². The highest BCUT2D eigenvalue weighted by atomic mass is 16.6. The Hall–Kier alpha value is -3.92. The second-order valence-electron chi connectivity index (χ2n) is 6.26. The SMILES string of the molecule is N#CC1C(=N)Oc2c(ccc3c(O)cccc23)C1c1cccc([N+](=O)[O-])c1. The van der Waals surface area contributed by atoms with Crippen molar-refractivity contribution >= 4 is 22.4 Å². The number of fused-ring (bicyclic) bond motifs is 3. The largest absolute Gasteiger partial charge is 0.507 e. The summed E-state index contributed by atoms with van der Waals surface area (Å²) in [6.45, 7) is 0. The summed E-state index contributed by atoms with van der Waals surface area (Å²) in [5.74, 6) is -1.25. The van der Waals surface area contributed by atoms with Crippen molar-refractivity contribution in [2.75, 3.05) is 0 Å². The molecule has 7 nitrogen and oxygen atoms in total. The third-order valence-electron chi connectivity index (χ3n) is 4.76. The van der Waals surface area contributed by atoms with Gasteiger partial charge in [-0.2, -0.15) is 5.26 Å². The van der Waals surface area contributed by atoms with Gasteiger partial charge in [-0.05, 0) is 11.6 Å². The number of hydrogen-bond acceptors (Lipinski definition) is 6. The van der Waals surface area contributed by atoms with Crippen molar-refractivity contribution < 1.29 is 14.8 Å². The van der Waals surface area contributed by atoms with Gasteiger partial charge in [-0.25, -0.2) is 0 Å². The Kier molecular flexibility index (Phi) is 3.74. The molecule has 0 amide bonds. The average molecular weight is 359 g/mol. The van der Waals surface area contributed by atoms with Crippen LogP contribution in [0.5, 0.6) is 11.5 Å². The standard InChI is InChI=1S/C20H13N3O4/c21-10-16-18(11-3-1-4-12(9-11)23(25)26)15-8-7-13-14(5-2-6-17(13)24)19(15)27-20(16)22/h1-9,16,18,22,24H. The van der Waals surface area contributed by atoms with Gasteiger partial charge in [0.2, 0.25) is 5.90 Å². The van der Waals surface area contributed by atoms with E-state index in [1.807, 2.05) is 0 Å². The molecule has 1 aliphatic heterocycles. The second kappa shape index (κ2) is 6.11. The first kappa shape index (κ1) is 16.5. The quantitative estimate of drug-likeness (QED) is 0.527. The molecular weight excluding hydrogens is 346 g/mol. The first-order chi connectivity index (χ1) is 13.0. The van der Waals surface area contributed by atoms with Gasteiger partial charge in [-0.3, -0.25) is 15.5 Å². The summed E-state index contributed by atoms with van der Waals surface area (Å²) in [4.78, 5) is 10.7. The van der Waals surface area contributed by atoms with Crippen LogP contribution in [0.25, 0.3) is 10.8 Å². The molecule has 1 aliphatic rings. The Morgan fingerprint density at radius 3 is 2.67 bits per heavy atom. The number of nitro benzene ring substituents is 1. The van der Waals surface area contributed by atoms with Gasteiger partial charge < -0.3 is 9.84 Å². The molecule has 2 N–H and O–H groups in total. The monoisotopic (exact) mass is 359 g/mol. The van der Waals surface area contributed by atoms with Crippen LogP contribution >= 0.6 is 0 Å². The highest BCUT2D eigenvalue weighted by Gasteiger charge is 2.38. The van der Waals surface area contributed by atoms with Crippen molar-refractivity contribution in [3.8, 4) is 17.6 Å². The molecule has 3 aromatic carbocycles. The highest BCUT2D eigenvalue weighted by Crippen LogP contribution is 2.46. The highest BCUT2D eigenvalue weighted by molar-refractivity contribution is 5.98. The van der Waals surface area contributed by atoms with Crippen LogP contribution in [-0.4, -0.2) is 15.9 Å². The molecule has 0 aromatic heterocycles. The van der Waals surface area contributed by atoms with E-state index < -0.39 is 16.8 Å². The molecule has 2 atom stereocenters. The third-order valence-corrected chi connectivity index (χ3v) is 4.76. The molecule has 0 radical (unpaired) electrons. The molecule has 1 heterocycles. The summed E-state index contributed by atoms with van der Waals surface area (Å²) >= 11 is 0. The first-order valence-electron chi connectivity index (χ1n) is 8.16. The fraction of sp³-hybridized carbons (Fsp3) is 0.100. The molecule has 3 aromatic rings. The summed E-state index contributed by atoms with van der Waals surface area (Å²) in [5, 5.41) is 40.2. The van der Waals surface area contributed by atoms with E-state index in [-0.39, 0.29) is 17.3 Å². The Labute approximate surface area is 153 Å². The van der Waals surface area contributed by atoms with E-state index in [4.69, 9.17) is 10.1 Å². The van der Waals surface area contributed by atoms with E-state index in [1.165, 1.54) is 12.1 Å². The van der Waals surface area contributed by atoms with Crippen LogP contribution in [0.4, 0.5) is 5.69 Å². The lowest BCUT2D eigenvalue weighted by Crippen LogP contribution is -2.31. The Bertz CT molecular complexity index is 1150. The number of nitrogens with zero attached hydrogens (tertiary/aromatic N) is 2. The van der Waals surface area contributed by atoms with Crippen molar-refractivity contribution in [3.63, 3.8) is 0 Å². The summed E-state index contributed by atoms with van der Waals surface area (Å²) in [6, 6.07) is 16.6. The molecule has 7 heteroatoms. The van der Waals surface area contributed by atoms with Gasteiger partial charge in [-0.1, -0.05) is 36.4 Å². The van der Waals surface area contributed by atoms with Crippen LogP contribution in [0.3, 0.4) is 0 Å². The topological polar surface area (TPSA) is 120 Å². The Balaban J connectivity index is 1.99. The lowest BCUT2D eigenvalue weighted by Gasteiger charge is -2.31. The number of non-ortho nitro benzene ring substituents is 1. The molecule has 0 saturated carbocycles. The van der Waals surface area contributed by atoms with Gasteiger partial charge in [-0.15, -0.1) is 0 Å². The van der Waals surface area contributed by atoms with Crippen LogP contribution in [0.1, 0.15) is 17.0 Å². The summed E-state index contributed by atoms with van der Waals surface area (Å²) in [7, 11) is 0. The number of aromatic hydroxyl groups is 1. The fourth-order valence-electron chi connectivity index (χ4n) is 3.53. The van der Waals surface area contributed by atoms with Crippen molar-refractivity contribution in [3.05, 3.63) is 75.8 Å². The predicted octanol–water partition coefficient (Wildman–Crippen LogP) is 4.09. The van der Waals surface area contributed by atoms with Crippen LogP contribution in [0.2, 0.25) is 0 Å². The number of hydrogen-bond donors (Lipinski definition) is 2. The van der Waals surface area contributed by atoms with E-state index in [2.05, 4.69) is 6.07 Å². The summed E-state index contributed by atoms with van der Waals surface area (Å²) < 4.78 is 5.65.